The van der Waals surface area contributed by atoms with Gasteiger partial charge in [-0.1, -0.05) is 30.3 Å². The van der Waals surface area contributed by atoms with Crippen LogP contribution in [0.1, 0.15) is 41.0 Å². The first-order valence-corrected chi connectivity index (χ1v) is 9.77. The summed E-state index contributed by atoms with van der Waals surface area (Å²) in [6.07, 6.45) is -1.07. The van der Waals surface area contributed by atoms with E-state index in [0.29, 0.717) is 5.69 Å². The van der Waals surface area contributed by atoms with Gasteiger partial charge in [-0.05, 0) is 38.1 Å². The van der Waals surface area contributed by atoms with Gasteiger partial charge in [0.1, 0.15) is 6.04 Å². The molecule has 8 nitrogen and oxygen atoms in total. The molecule has 0 unspecified atom stereocenters. The number of ether oxygens (including phenoxy) is 1. The molecule has 0 radical (unpaired) electrons. The second-order valence-electron chi connectivity index (χ2n) is 7.01. The smallest absolute Gasteiger partial charge is 0.329 e. The Bertz CT molecular complexity index is 1030. The summed E-state index contributed by atoms with van der Waals surface area (Å²) in [6, 6.07) is 15.8. The van der Waals surface area contributed by atoms with Gasteiger partial charge >= 0.3 is 5.97 Å². The number of anilines is 1. The molecule has 0 aromatic heterocycles. The van der Waals surface area contributed by atoms with Crippen LogP contribution >= 0.6 is 0 Å². The molecule has 0 saturated carbocycles. The Kier molecular flexibility index (Phi) is 6.46. The van der Waals surface area contributed by atoms with Crippen LogP contribution in [0.2, 0.25) is 0 Å². The van der Waals surface area contributed by atoms with Crippen molar-refractivity contribution in [3.63, 3.8) is 0 Å². The van der Waals surface area contributed by atoms with Gasteiger partial charge in [0, 0.05) is 12.2 Å². The van der Waals surface area contributed by atoms with Crippen LogP contribution in [0.3, 0.4) is 0 Å². The van der Waals surface area contributed by atoms with Gasteiger partial charge in [0.25, 0.3) is 17.7 Å². The van der Waals surface area contributed by atoms with Crippen LogP contribution in [-0.2, 0) is 14.3 Å². The van der Waals surface area contributed by atoms with E-state index in [-0.39, 0.29) is 24.1 Å². The Morgan fingerprint density at radius 1 is 1.00 bits per heavy atom. The zero-order valence-corrected chi connectivity index (χ0v) is 17.1. The minimum atomic E-state index is -1.20. The number of para-hydroxylation sites is 1. The van der Waals surface area contributed by atoms with Crippen molar-refractivity contribution in [3.8, 4) is 6.07 Å². The summed E-state index contributed by atoms with van der Waals surface area (Å²) >= 11 is 0. The average Bonchev–Trinajstić information content (AvgIpc) is 3.04. The first-order chi connectivity index (χ1) is 14.9. The molecule has 0 saturated heterocycles. The van der Waals surface area contributed by atoms with Crippen LogP contribution < -0.4 is 4.90 Å². The van der Waals surface area contributed by atoms with Crippen molar-refractivity contribution < 1.29 is 23.9 Å². The van der Waals surface area contributed by atoms with Crippen LogP contribution in [0.5, 0.6) is 0 Å². The Balaban J connectivity index is 1.72. The van der Waals surface area contributed by atoms with Gasteiger partial charge < -0.3 is 9.64 Å². The van der Waals surface area contributed by atoms with Crippen molar-refractivity contribution >= 4 is 29.4 Å². The summed E-state index contributed by atoms with van der Waals surface area (Å²) in [5.41, 5.74) is 1.02. The molecule has 31 heavy (non-hydrogen) atoms. The summed E-state index contributed by atoms with van der Waals surface area (Å²) in [7, 11) is 0. The summed E-state index contributed by atoms with van der Waals surface area (Å²) < 4.78 is 5.31. The SMILES string of the molecule is C[C@@H](OC(=O)[C@H](C)N1C(=O)c2ccccc2C1=O)C(=O)N(CCC#N)c1ccccc1. The maximum atomic E-state index is 12.9. The maximum absolute atomic E-state index is 12.9. The zero-order valence-electron chi connectivity index (χ0n) is 17.1. The number of benzene rings is 2. The fourth-order valence-electron chi connectivity index (χ4n) is 3.34. The molecule has 1 heterocycles. The molecule has 1 aliphatic rings. The van der Waals surface area contributed by atoms with E-state index in [0.717, 1.165) is 4.90 Å². The third-order valence-corrected chi connectivity index (χ3v) is 4.98. The van der Waals surface area contributed by atoms with E-state index in [2.05, 4.69) is 0 Å². The van der Waals surface area contributed by atoms with Crippen molar-refractivity contribution in [2.45, 2.75) is 32.4 Å². The van der Waals surface area contributed by atoms with Crippen molar-refractivity contribution in [1.82, 2.24) is 4.90 Å². The first kappa shape index (κ1) is 21.7. The highest BCUT2D eigenvalue weighted by Gasteiger charge is 2.42. The molecule has 3 amide bonds. The van der Waals surface area contributed by atoms with E-state index in [1.54, 1.807) is 42.5 Å². The quantitative estimate of drug-likeness (QED) is 0.504. The minimum Gasteiger partial charge on any atom is -0.451 e. The number of hydrogen-bond acceptors (Lipinski definition) is 6. The van der Waals surface area contributed by atoms with Gasteiger partial charge in [-0.2, -0.15) is 5.26 Å². The molecular formula is C23H21N3O5. The van der Waals surface area contributed by atoms with Crippen molar-refractivity contribution in [1.29, 1.82) is 5.26 Å². The number of nitrogens with zero attached hydrogens (tertiary/aromatic N) is 3. The molecule has 158 valence electrons. The number of carbonyl (C=O) groups excluding carboxylic acids is 4. The Hall–Kier alpha value is -3.99. The monoisotopic (exact) mass is 419 g/mol. The Morgan fingerprint density at radius 2 is 1.55 bits per heavy atom. The van der Waals surface area contributed by atoms with Crippen molar-refractivity contribution in [3.05, 3.63) is 65.7 Å². The standard InChI is InChI=1S/C23H21N3O5/c1-15(26-21(28)18-11-6-7-12-19(18)22(26)29)23(30)31-16(2)20(27)25(14-8-13-24)17-9-4-3-5-10-17/h3-7,9-12,15-16H,8,14H2,1-2H3/t15-,16+/m0/s1. The molecule has 0 bridgehead atoms. The summed E-state index contributed by atoms with van der Waals surface area (Å²) in [4.78, 5) is 53.0. The zero-order chi connectivity index (χ0) is 22.5. The van der Waals surface area contributed by atoms with Crippen LogP contribution in [0, 0.1) is 11.3 Å². The number of carbonyl (C=O) groups is 4. The predicted octanol–water partition coefficient (Wildman–Crippen LogP) is 2.55. The van der Waals surface area contributed by atoms with Crippen LogP contribution in [0.4, 0.5) is 5.69 Å². The lowest BCUT2D eigenvalue weighted by Crippen LogP contribution is -2.47. The van der Waals surface area contributed by atoms with Crippen LogP contribution in [0.15, 0.2) is 54.6 Å². The van der Waals surface area contributed by atoms with E-state index >= 15 is 0 Å². The molecule has 1 aliphatic heterocycles. The molecule has 2 aromatic carbocycles. The number of nitriles is 1. The predicted molar refractivity (Wildman–Crippen MR) is 111 cm³/mol. The van der Waals surface area contributed by atoms with Gasteiger partial charge in [0.05, 0.1) is 23.6 Å². The van der Waals surface area contributed by atoms with Crippen molar-refractivity contribution in [2.24, 2.45) is 0 Å². The molecule has 2 aromatic rings. The summed E-state index contributed by atoms with van der Waals surface area (Å²) in [5.74, 6) is -2.54. The first-order valence-electron chi connectivity index (χ1n) is 9.77. The minimum absolute atomic E-state index is 0.104. The van der Waals surface area contributed by atoms with Crippen LogP contribution in [0.25, 0.3) is 0 Å². The number of imide groups is 1. The molecule has 0 aliphatic carbocycles. The normalized spacial score (nSPS) is 14.4. The van der Waals surface area contributed by atoms with Gasteiger partial charge in [-0.15, -0.1) is 0 Å². The molecule has 0 spiro atoms. The lowest BCUT2D eigenvalue weighted by molar-refractivity contribution is -0.157. The third kappa shape index (κ3) is 4.31. The van der Waals surface area contributed by atoms with Gasteiger partial charge in [-0.25, -0.2) is 4.79 Å². The fraction of sp³-hybridized carbons (Fsp3) is 0.261. The summed E-state index contributed by atoms with van der Waals surface area (Å²) in [5, 5.41) is 8.90. The highest BCUT2D eigenvalue weighted by molar-refractivity contribution is 6.22. The second-order valence-corrected chi connectivity index (χ2v) is 7.01. The van der Waals surface area contributed by atoms with Crippen LogP contribution in [-0.4, -0.2) is 47.3 Å². The highest BCUT2D eigenvalue weighted by Crippen LogP contribution is 2.25. The van der Waals surface area contributed by atoms with E-state index in [1.807, 2.05) is 6.07 Å². The molecular weight excluding hydrogens is 398 g/mol. The largest absolute Gasteiger partial charge is 0.451 e. The average molecular weight is 419 g/mol. The second kappa shape index (κ2) is 9.22. The van der Waals surface area contributed by atoms with Gasteiger partial charge in [-0.3, -0.25) is 19.3 Å². The molecule has 0 N–H and O–H groups in total. The number of rotatable bonds is 7. The van der Waals surface area contributed by atoms with E-state index in [9.17, 15) is 19.2 Å². The van der Waals surface area contributed by atoms with E-state index < -0.39 is 35.8 Å². The molecule has 0 fully saturated rings. The highest BCUT2D eigenvalue weighted by atomic mass is 16.5. The fourth-order valence-corrected chi connectivity index (χ4v) is 3.34. The Labute approximate surface area is 179 Å². The lowest BCUT2D eigenvalue weighted by atomic mass is 10.1. The van der Waals surface area contributed by atoms with Gasteiger partial charge in [0.15, 0.2) is 6.10 Å². The summed E-state index contributed by atoms with van der Waals surface area (Å²) in [6.45, 7) is 2.93. The van der Waals surface area contributed by atoms with Gasteiger partial charge in [0.2, 0.25) is 0 Å². The number of esters is 1. The number of hydrogen-bond donors (Lipinski definition) is 0. The number of fused-ring (bicyclic) bond motifs is 1. The number of amides is 3. The van der Waals surface area contributed by atoms with E-state index in [1.165, 1.54) is 30.9 Å². The third-order valence-electron chi connectivity index (χ3n) is 4.98. The molecule has 8 heteroatoms. The van der Waals surface area contributed by atoms with E-state index in [4.69, 9.17) is 10.00 Å². The maximum Gasteiger partial charge on any atom is 0.329 e. The molecule has 3 rings (SSSR count). The van der Waals surface area contributed by atoms with Crippen molar-refractivity contribution in [2.75, 3.05) is 11.4 Å². The Morgan fingerprint density at radius 3 is 2.10 bits per heavy atom. The lowest BCUT2D eigenvalue weighted by Gasteiger charge is -2.27. The topological polar surface area (TPSA) is 108 Å². The molecule has 2 atom stereocenters.